The van der Waals surface area contributed by atoms with E-state index in [1.807, 2.05) is 0 Å². The number of ketones is 1. The number of nitrogens with one attached hydrogen (secondary N) is 1. The number of hydrogen-bond acceptors (Lipinski definition) is 2. The van der Waals surface area contributed by atoms with Crippen molar-refractivity contribution in [1.82, 2.24) is 5.32 Å². The summed E-state index contributed by atoms with van der Waals surface area (Å²) in [6, 6.07) is 0. The highest BCUT2D eigenvalue weighted by Gasteiger charge is 2.00. The molecule has 0 atom stereocenters. The van der Waals surface area contributed by atoms with Crippen molar-refractivity contribution >= 4 is 11.7 Å². The zero-order valence-electron chi connectivity index (χ0n) is 8.56. The number of amides is 1. The molecule has 3 nitrogen and oxygen atoms in total. The quantitative estimate of drug-likeness (QED) is 0.613. The molecule has 0 aliphatic rings. The van der Waals surface area contributed by atoms with Crippen LogP contribution in [0.4, 0.5) is 0 Å². The summed E-state index contributed by atoms with van der Waals surface area (Å²) in [4.78, 5) is 21.6. The Morgan fingerprint density at radius 2 is 1.85 bits per heavy atom. The van der Waals surface area contributed by atoms with Gasteiger partial charge in [0.25, 0.3) is 0 Å². The number of rotatable bonds is 7. The molecule has 1 amide bonds. The van der Waals surface area contributed by atoms with E-state index in [4.69, 9.17) is 0 Å². The first kappa shape index (κ1) is 12.1. The molecule has 0 aromatic heterocycles. The lowest BCUT2D eigenvalue weighted by molar-refractivity contribution is -0.121. The Labute approximate surface area is 79.9 Å². The molecule has 0 unspecified atom stereocenters. The molecule has 0 spiro atoms. The molecule has 0 saturated heterocycles. The molecule has 0 aliphatic carbocycles. The second-order valence-electron chi connectivity index (χ2n) is 3.26. The lowest BCUT2D eigenvalue weighted by Crippen LogP contribution is -2.23. The Hall–Kier alpha value is -0.860. The van der Waals surface area contributed by atoms with Gasteiger partial charge in [-0.3, -0.25) is 4.79 Å². The molecule has 0 rings (SSSR count). The van der Waals surface area contributed by atoms with Crippen molar-refractivity contribution in [2.24, 2.45) is 0 Å². The average Bonchev–Trinajstić information content (AvgIpc) is 2.04. The van der Waals surface area contributed by atoms with Crippen LogP contribution >= 0.6 is 0 Å². The summed E-state index contributed by atoms with van der Waals surface area (Å²) in [5.74, 6) is 0.219. The van der Waals surface area contributed by atoms with E-state index in [0.29, 0.717) is 19.3 Å². The van der Waals surface area contributed by atoms with Crippen LogP contribution in [0.5, 0.6) is 0 Å². The van der Waals surface area contributed by atoms with Gasteiger partial charge in [-0.15, -0.1) is 0 Å². The van der Waals surface area contributed by atoms with Crippen LogP contribution in [0.1, 0.15) is 46.0 Å². The molecular weight excluding hydrogens is 166 g/mol. The maximum Gasteiger partial charge on any atom is 0.220 e. The highest BCUT2D eigenvalue weighted by molar-refractivity contribution is 5.78. The van der Waals surface area contributed by atoms with E-state index in [1.54, 1.807) is 6.92 Å². The van der Waals surface area contributed by atoms with E-state index >= 15 is 0 Å². The SMILES string of the molecule is CCCCNC(=O)CCCC(C)=O. The van der Waals surface area contributed by atoms with E-state index in [9.17, 15) is 9.59 Å². The summed E-state index contributed by atoms with van der Waals surface area (Å²) >= 11 is 0. The monoisotopic (exact) mass is 185 g/mol. The standard InChI is InChI=1S/C10H19NO2/c1-3-4-8-11-10(13)7-5-6-9(2)12/h3-8H2,1-2H3,(H,11,13). The number of unbranched alkanes of at least 4 members (excludes halogenated alkanes) is 1. The predicted molar refractivity (Wildman–Crippen MR) is 52.4 cm³/mol. The molecule has 13 heavy (non-hydrogen) atoms. The van der Waals surface area contributed by atoms with Crippen LogP contribution in [0, 0.1) is 0 Å². The zero-order valence-corrected chi connectivity index (χ0v) is 8.56. The second-order valence-corrected chi connectivity index (χ2v) is 3.26. The van der Waals surface area contributed by atoms with Gasteiger partial charge in [0.15, 0.2) is 0 Å². The van der Waals surface area contributed by atoms with Crippen LogP contribution in [-0.2, 0) is 9.59 Å². The summed E-state index contributed by atoms with van der Waals surface area (Å²) in [5, 5.41) is 2.81. The average molecular weight is 185 g/mol. The van der Waals surface area contributed by atoms with Gasteiger partial charge >= 0.3 is 0 Å². The fourth-order valence-corrected chi connectivity index (χ4v) is 0.991. The van der Waals surface area contributed by atoms with Crippen molar-refractivity contribution < 1.29 is 9.59 Å². The Bertz CT molecular complexity index is 166. The highest BCUT2D eigenvalue weighted by Crippen LogP contribution is 1.96. The minimum atomic E-state index is 0.0645. The lowest BCUT2D eigenvalue weighted by Gasteiger charge is -2.02. The van der Waals surface area contributed by atoms with E-state index in [-0.39, 0.29) is 11.7 Å². The van der Waals surface area contributed by atoms with Crippen molar-refractivity contribution in [3.63, 3.8) is 0 Å². The van der Waals surface area contributed by atoms with Gasteiger partial charge in [0, 0.05) is 19.4 Å². The first-order valence-electron chi connectivity index (χ1n) is 4.93. The fourth-order valence-electron chi connectivity index (χ4n) is 0.991. The first-order valence-corrected chi connectivity index (χ1v) is 4.93. The van der Waals surface area contributed by atoms with Crippen molar-refractivity contribution in [1.29, 1.82) is 0 Å². The number of hydrogen-bond donors (Lipinski definition) is 1. The van der Waals surface area contributed by atoms with E-state index in [1.165, 1.54) is 0 Å². The molecule has 3 heteroatoms. The smallest absolute Gasteiger partial charge is 0.220 e. The van der Waals surface area contributed by atoms with Gasteiger partial charge in [-0.05, 0) is 19.8 Å². The predicted octanol–water partition coefficient (Wildman–Crippen LogP) is 1.66. The lowest BCUT2D eigenvalue weighted by atomic mass is 10.2. The summed E-state index contributed by atoms with van der Waals surface area (Å²) in [7, 11) is 0. The Morgan fingerprint density at radius 3 is 2.38 bits per heavy atom. The summed E-state index contributed by atoms with van der Waals surface area (Å²) in [6.07, 6.45) is 3.78. The van der Waals surface area contributed by atoms with E-state index in [0.717, 1.165) is 19.4 Å². The van der Waals surface area contributed by atoms with E-state index in [2.05, 4.69) is 12.2 Å². The van der Waals surface area contributed by atoms with Gasteiger partial charge in [0.2, 0.25) is 5.91 Å². The molecule has 0 aromatic rings. The van der Waals surface area contributed by atoms with Gasteiger partial charge in [-0.1, -0.05) is 13.3 Å². The number of Topliss-reactive ketones (excluding diaryl/α,β-unsaturated/α-hetero) is 1. The molecule has 76 valence electrons. The Kier molecular flexibility index (Phi) is 7.26. The maximum atomic E-state index is 11.1. The molecule has 0 fully saturated rings. The van der Waals surface area contributed by atoms with Crippen LogP contribution in [0.15, 0.2) is 0 Å². The van der Waals surface area contributed by atoms with Gasteiger partial charge < -0.3 is 10.1 Å². The van der Waals surface area contributed by atoms with Gasteiger partial charge in [-0.25, -0.2) is 0 Å². The largest absolute Gasteiger partial charge is 0.356 e. The van der Waals surface area contributed by atoms with Crippen LogP contribution in [0.2, 0.25) is 0 Å². The number of carbonyl (C=O) groups is 2. The molecule has 0 aromatic carbocycles. The molecule has 0 heterocycles. The minimum Gasteiger partial charge on any atom is -0.356 e. The normalized spacial score (nSPS) is 9.69. The van der Waals surface area contributed by atoms with Crippen LogP contribution in [-0.4, -0.2) is 18.2 Å². The third-order valence-corrected chi connectivity index (χ3v) is 1.79. The molecule has 0 aliphatic heterocycles. The van der Waals surface area contributed by atoms with Crippen LogP contribution in [0.25, 0.3) is 0 Å². The molecule has 0 saturated carbocycles. The topological polar surface area (TPSA) is 46.2 Å². The van der Waals surface area contributed by atoms with Gasteiger partial charge in [-0.2, -0.15) is 0 Å². The van der Waals surface area contributed by atoms with E-state index < -0.39 is 0 Å². The highest BCUT2D eigenvalue weighted by atomic mass is 16.1. The van der Waals surface area contributed by atoms with Crippen molar-refractivity contribution in [2.75, 3.05) is 6.54 Å². The Balaban J connectivity index is 3.25. The molecule has 0 radical (unpaired) electrons. The van der Waals surface area contributed by atoms with Crippen molar-refractivity contribution in [3.05, 3.63) is 0 Å². The third kappa shape index (κ3) is 9.05. The first-order chi connectivity index (χ1) is 6.16. The van der Waals surface area contributed by atoms with Crippen molar-refractivity contribution in [2.45, 2.75) is 46.0 Å². The van der Waals surface area contributed by atoms with Crippen LogP contribution in [0.3, 0.4) is 0 Å². The summed E-state index contributed by atoms with van der Waals surface area (Å²) < 4.78 is 0. The minimum absolute atomic E-state index is 0.0645. The molecular formula is C10H19NO2. The second kappa shape index (κ2) is 7.77. The van der Waals surface area contributed by atoms with Gasteiger partial charge in [0.1, 0.15) is 5.78 Å². The maximum absolute atomic E-state index is 11.1. The fraction of sp³-hybridized carbons (Fsp3) is 0.800. The molecule has 1 N–H and O–H groups in total. The molecule has 0 bridgehead atoms. The van der Waals surface area contributed by atoms with Crippen LogP contribution < -0.4 is 5.32 Å². The zero-order chi connectivity index (χ0) is 10.1. The third-order valence-electron chi connectivity index (χ3n) is 1.79. The van der Waals surface area contributed by atoms with Crippen molar-refractivity contribution in [3.8, 4) is 0 Å². The summed E-state index contributed by atoms with van der Waals surface area (Å²) in [5.41, 5.74) is 0. The van der Waals surface area contributed by atoms with Gasteiger partial charge in [0.05, 0.1) is 0 Å². The Morgan fingerprint density at radius 1 is 1.15 bits per heavy atom. The number of carbonyl (C=O) groups excluding carboxylic acids is 2. The summed E-state index contributed by atoms with van der Waals surface area (Å²) in [6.45, 7) is 4.40.